The minimum absolute atomic E-state index is 0.102. The third-order valence-corrected chi connectivity index (χ3v) is 8.05. The topological polar surface area (TPSA) is 92.5 Å². The van der Waals surface area contributed by atoms with E-state index in [0.29, 0.717) is 17.4 Å². The lowest BCUT2D eigenvalue weighted by Crippen LogP contribution is -2.28. The van der Waals surface area contributed by atoms with Crippen LogP contribution in [0.2, 0.25) is 0 Å². The van der Waals surface area contributed by atoms with E-state index in [0.717, 1.165) is 21.7 Å². The summed E-state index contributed by atoms with van der Waals surface area (Å²) in [6.45, 7) is 0.233. The lowest BCUT2D eigenvalue weighted by atomic mass is 10.0. The molecule has 0 fully saturated rings. The molecule has 1 aliphatic rings. The van der Waals surface area contributed by atoms with Crippen LogP contribution in [-0.2, 0) is 29.6 Å². The molecule has 11 heteroatoms. The van der Waals surface area contributed by atoms with E-state index in [1.807, 2.05) is 47.8 Å². The number of hydrazone groups is 1. The first kappa shape index (κ1) is 25.8. The zero-order valence-corrected chi connectivity index (χ0v) is 22.2. The van der Waals surface area contributed by atoms with Crippen LogP contribution in [0.1, 0.15) is 34.3 Å². The minimum Gasteiger partial charge on any atom is -0.349 e. The summed E-state index contributed by atoms with van der Waals surface area (Å²) in [5.41, 5.74) is 2.59. The van der Waals surface area contributed by atoms with Gasteiger partial charge in [0.2, 0.25) is 5.91 Å². The summed E-state index contributed by atoms with van der Waals surface area (Å²) in [7, 11) is 1.80. The number of nitrogens with zero attached hydrogens (tertiary/aromatic N) is 5. The molecule has 0 saturated carbocycles. The standard InChI is InChI=1S/C27H25FN6O2S2/c1-33-24(16-29-25(35)14-18-6-3-2-4-7-18)30-31-27(33)38-17-26(36)34-22(19-9-11-20(28)12-10-19)15-21(32-34)23-8-5-13-37-23/h2-13,22H,14-17H2,1H3,(H,29,35)/t22-/m1/s1. The number of nitrogens with one attached hydrogen (secondary N) is 1. The minimum atomic E-state index is -0.325. The number of aromatic nitrogens is 3. The van der Waals surface area contributed by atoms with Gasteiger partial charge in [0.15, 0.2) is 11.0 Å². The molecule has 194 valence electrons. The van der Waals surface area contributed by atoms with Gasteiger partial charge in [0.25, 0.3) is 5.91 Å². The Morgan fingerprint density at radius 3 is 2.61 bits per heavy atom. The van der Waals surface area contributed by atoms with Crippen molar-refractivity contribution in [3.8, 4) is 0 Å². The van der Waals surface area contributed by atoms with Crippen molar-refractivity contribution in [3.63, 3.8) is 0 Å². The van der Waals surface area contributed by atoms with Crippen LogP contribution >= 0.6 is 23.1 Å². The molecule has 38 heavy (non-hydrogen) atoms. The van der Waals surface area contributed by atoms with Gasteiger partial charge in [-0.3, -0.25) is 9.59 Å². The lowest BCUT2D eigenvalue weighted by Gasteiger charge is -2.21. The number of hydrogen-bond acceptors (Lipinski definition) is 7. The highest BCUT2D eigenvalue weighted by Crippen LogP contribution is 2.34. The van der Waals surface area contributed by atoms with Gasteiger partial charge in [0.05, 0.1) is 35.3 Å². The molecule has 0 bridgehead atoms. The fourth-order valence-corrected chi connectivity index (χ4v) is 5.62. The Balaban J connectivity index is 1.22. The first-order valence-electron chi connectivity index (χ1n) is 12.0. The van der Waals surface area contributed by atoms with Gasteiger partial charge >= 0.3 is 0 Å². The molecule has 5 rings (SSSR count). The van der Waals surface area contributed by atoms with E-state index >= 15 is 0 Å². The maximum atomic E-state index is 13.5. The Hall–Kier alpha value is -3.83. The van der Waals surface area contributed by atoms with Gasteiger partial charge in [-0.05, 0) is 34.7 Å². The summed E-state index contributed by atoms with van der Waals surface area (Å²) in [6.07, 6.45) is 0.840. The van der Waals surface area contributed by atoms with Crippen molar-refractivity contribution in [1.29, 1.82) is 0 Å². The van der Waals surface area contributed by atoms with Crippen LogP contribution in [0, 0.1) is 5.82 Å². The third-order valence-electron chi connectivity index (χ3n) is 6.13. The van der Waals surface area contributed by atoms with Gasteiger partial charge in [-0.1, -0.05) is 60.3 Å². The molecule has 2 aromatic carbocycles. The summed E-state index contributed by atoms with van der Waals surface area (Å²) in [6, 6.07) is 19.3. The molecule has 1 aliphatic heterocycles. The quantitative estimate of drug-likeness (QED) is 0.314. The second-order valence-electron chi connectivity index (χ2n) is 8.72. The molecule has 4 aromatic rings. The van der Waals surface area contributed by atoms with Gasteiger partial charge in [0.1, 0.15) is 5.82 Å². The van der Waals surface area contributed by atoms with Crippen molar-refractivity contribution < 1.29 is 14.0 Å². The second kappa shape index (κ2) is 11.7. The van der Waals surface area contributed by atoms with Crippen molar-refractivity contribution in [1.82, 2.24) is 25.1 Å². The van der Waals surface area contributed by atoms with E-state index in [4.69, 9.17) is 0 Å². The molecule has 0 radical (unpaired) electrons. The Morgan fingerprint density at radius 2 is 1.87 bits per heavy atom. The van der Waals surface area contributed by atoms with Crippen molar-refractivity contribution in [2.75, 3.05) is 5.75 Å². The maximum Gasteiger partial charge on any atom is 0.253 e. The highest BCUT2D eigenvalue weighted by Gasteiger charge is 2.33. The number of halogens is 1. The van der Waals surface area contributed by atoms with Gasteiger partial charge < -0.3 is 9.88 Å². The molecule has 8 nitrogen and oxygen atoms in total. The summed E-state index contributed by atoms with van der Waals surface area (Å²) >= 11 is 2.83. The third kappa shape index (κ3) is 6.00. The van der Waals surface area contributed by atoms with E-state index in [9.17, 15) is 14.0 Å². The Labute approximate surface area is 227 Å². The lowest BCUT2D eigenvalue weighted by molar-refractivity contribution is -0.130. The number of amides is 2. The molecule has 0 unspecified atom stereocenters. The summed E-state index contributed by atoms with van der Waals surface area (Å²) in [5.74, 6) is 0.0738. The Kier molecular flexibility index (Phi) is 7.94. The SMILES string of the molecule is Cn1c(CNC(=O)Cc2ccccc2)nnc1SCC(=O)N1N=C(c2cccs2)C[C@@H]1c1ccc(F)cc1. The summed E-state index contributed by atoms with van der Waals surface area (Å²) in [4.78, 5) is 26.6. The van der Waals surface area contributed by atoms with Gasteiger partial charge in [-0.15, -0.1) is 21.5 Å². The van der Waals surface area contributed by atoms with Crippen LogP contribution in [0.3, 0.4) is 0 Å². The zero-order chi connectivity index (χ0) is 26.5. The molecule has 2 aromatic heterocycles. The van der Waals surface area contributed by atoms with Crippen LogP contribution in [0.15, 0.2) is 82.4 Å². The van der Waals surface area contributed by atoms with E-state index < -0.39 is 0 Å². The molecule has 0 saturated heterocycles. The van der Waals surface area contributed by atoms with Gasteiger partial charge in [-0.2, -0.15) is 5.10 Å². The van der Waals surface area contributed by atoms with Crippen LogP contribution in [0.5, 0.6) is 0 Å². The molecule has 2 amide bonds. The number of carbonyl (C=O) groups excluding carboxylic acids is 2. The van der Waals surface area contributed by atoms with Crippen LogP contribution in [-0.4, -0.2) is 43.1 Å². The molecule has 1 N–H and O–H groups in total. The number of thiophene rings is 1. The fraction of sp³-hybridized carbons (Fsp3) is 0.222. The molecule has 1 atom stereocenters. The number of carbonyl (C=O) groups is 2. The number of benzene rings is 2. The second-order valence-corrected chi connectivity index (χ2v) is 10.6. The predicted octanol–water partition coefficient (Wildman–Crippen LogP) is 4.34. The molecular weight excluding hydrogens is 523 g/mol. The number of rotatable bonds is 9. The zero-order valence-electron chi connectivity index (χ0n) is 20.6. The fourth-order valence-electron chi connectivity index (χ4n) is 4.11. The van der Waals surface area contributed by atoms with E-state index in [1.165, 1.54) is 28.9 Å². The van der Waals surface area contributed by atoms with Crippen molar-refractivity contribution in [2.24, 2.45) is 12.1 Å². The first-order chi connectivity index (χ1) is 18.5. The average molecular weight is 549 g/mol. The van der Waals surface area contributed by atoms with Crippen LogP contribution < -0.4 is 5.32 Å². The van der Waals surface area contributed by atoms with E-state index in [-0.39, 0.29) is 42.4 Å². The summed E-state index contributed by atoms with van der Waals surface area (Å²) < 4.78 is 15.3. The Morgan fingerprint density at radius 1 is 1.08 bits per heavy atom. The molecule has 3 heterocycles. The maximum absolute atomic E-state index is 13.5. The van der Waals surface area contributed by atoms with Crippen LogP contribution in [0.4, 0.5) is 4.39 Å². The van der Waals surface area contributed by atoms with Crippen molar-refractivity contribution >= 4 is 40.6 Å². The Bertz CT molecular complexity index is 1440. The molecule has 0 aliphatic carbocycles. The largest absolute Gasteiger partial charge is 0.349 e. The molecule has 0 spiro atoms. The van der Waals surface area contributed by atoms with E-state index in [1.54, 1.807) is 35.1 Å². The predicted molar refractivity (Wildman–Crippen MR) is 145 cm³/mol. The summed E-state index contributed by atoms with van der Waals surface area (Å²) in [5, 5.41) is 19.9. The van der Waals surface area contributed by atoms with Gasteiger partial charge in [0, 0.05) is 13.5 Å². The van der Waals surface area contributed by atoms with Crippen LogP contribution in [0.25, 0.3) is 0 Å². The van der Waals surface area contributed by atoms with Gasteiger partial charge in [-0.25, -0.2) is 9.40 Å². The number of thioether (sulfide) groups is 1. The monoisotopic (exact) mass is 548 g/mol. The normalized spacial score (nSPS) is 14.9. The highest BCUT2D eigenvalue weighted by molar-refractivity contribution is 7.99. The van der Waals surface area contributed by atoms with Crippen molar-refractivity contribution in [2.45, 2.75) is 30.6 Å². The first-order valence-corrected chi connectivity index (χ1v) is 13.8. The average Bonchev–Trinajstić information content (AvgIpc) is 3.68. The number of hydrogen-bond donors (Lipinski definition) is 1. The van der Waals surface area contributed by atoms with Crippen molar-refractivity contribution in [3.05, 3.63) is 99.8 Å². The smallest absolute Gasteiger partial charge is 0.253 e. The molecular formula is C27H25FN6O2S2. The highest BCUT2D eigenvalue weighted by atomic mass is 32.2. The van der Waals surface area contributed by atoms with E-state index in [2.05, 4.69) is 20.6 Å².